The number of benzene rings is 4. The number of nitrogens with one attached hydrogen (secondary N) is 3. The van der Waals surface area contributed by atoms with Crippen LogP contribution in [0.1, 0.15) is 95.2 Å². The van der Waals surface area contributed by atoms with Gasteiger partial charge in [0.1, 0.15) is 46.9 Å². The quantitative estimate of drug-likeness (QED) is 0.0953. The number of fused-ring (bicyclic) bond motifs is 2. The number of ether oxygens (including phenoxy) is 3. The van der Waals surface area contributed by atoms with Crippen molar-refractivity contribution in [3.8, 4) is 0 Å². The number of para-hydroxylation sites is 1. The number of carbonyl (C=O) groups excluding carboxylic acids is 6. The van der Waals surface area contributed by atoms with Crippen LogP contribution in [0, 0.1) is 23.4 Å². The summed E-state index contributed by atoms with van der Waals surface area (Å²) in [6, 6.07) is 14.8. The van der Waals surface area contributed by atoms with Crippen LogP contribution in [-0.2, 0) is 56.6 Å². The SMILES string of the molecule is CC1COCCN1CC1CN(C(=O)O)C(C)CN1CC(=O)N1CC(C)(C(=O)Nc2ccc3c(c2)C(C(=O)Nc2c(F)cccc2F)N(C(=O)C(NC(=O)C(C)N(C)C(=O)OC(C)(C)C)C2CCOCC2)C3)c2ccc(Cc3ccc(F)cc3)cc21. The number of rotatable bonds is 15. The van der Waals surface area contributed by atoms with Crippen LogP contribution in [0.3, 0.4) is 0 Å². The minimum atomic E-state index is -1.56. The highest BCUT2D eigenvalue weighted by atomic mass is 19.1. The summed E-state index contributed by atoms with van der Waals surface area (Å²) in [4.78, 5) is 110. The summed E-state index contributed by atoms with van der Waals surface area (Å²) in [7, 11) is 1.40. The van der Waals surface area contributed by atoms with Crippen LogP contribution >= 0.6 is 0 Å². The second-order valence-electron chi connectivity index (χ2n) is 24.3. The largest absolute Gasteiger partial charge is 0.465 e. The fourth-order valence-electron chi connectivity index (χ4n) is 12.1. The fraction of sp³-hybridized carbons (Fsp3) is 0.500. The number of halogens is 3. The van der Waals surface area contributed by atoms with Crippen LogP contribution in [0.15, 0.2) is 78.9 Å². The Hall–Kier alpha value is -7.60. The number of piperazine rings is 1. The number of carbonyl (C=O) groups is 7. The van der Waals surface area contributed by atoms with Gasteiger partial charge in [0.05, 0.1) is 25.2 Å². The average Bonchev–Trinajstić information content (AvgIpc) is 2.26. The average molecular weight is 1180 g/mol. The Labute approximate surface area is 492 Å². The van der Waals surface area contributed by atoms with Crippen LogP contribution in [0.4, 0.5) is 39.8 Å². The first-order valence-electron chi connectivity index (χ1n) is 28.9. The molecule has 85 heavy (non-hydrogen) atoms. The van der Waals surface area contributed by atoms with Crippen molar-refractivity contribution in [3.63, 3.8) is 0 Å². The molecule has 9 rings (SSSR count). The van der Waals surface area contributed by atoms with Crippen molar-refractivity contribution in [1.82, 2.24) is 29.8 Å². The van der Waals surface area contributed by atoms with Crippen molar-refractivity contribution in [2.45, 2.75) is 122 Å². The maximum absolute atomic E-state index is 15.3. The molecule has 0 radical (unpaired) electrons. The number of hydrogen-bond donors (Lipinski definition) is 4. The standard InChI is InChI=1S/C62H76F3N9O11/c1-36-29-71(45(32-72(36)59(80)81)31-70-22-25-84-34-37(70)2)33-51(75)74-35-62(7,47-19-14-40(27-50(47)74)26-39-12-16-43(63)17-13-39)58(79)66-44-18-15-42-30-73(54(46(42)28-44)56(77)68-53-48(64)10-9-11-49(53)65)57(78)52(41-20-23-83-24-21-41)67-55(76)38(3)69(8)60(82)85-61(4,5)6/h9-19,27-28,36-38,41,45,52,54H,20-26,29-35H2,1-8H3,(H,66,79)(H,67,76)(H,68,77)(H,80,81). The van der Waals surface area contributed by atoms with Gasteiger partial charge in [-0.2, -0.15) is 0 Å². The van der Waals surface area contributed by atoms with E-state index in [0.717, 1.165) is 34.2 Å². The molecule has 0 aliphatic carbocycles. The topological polar surface area (TPSA) is 223 Å². The molecule has 7 amide bonds. The van der Waals surface area contributed by atoms with E-state index in [9.17, 15) is 28.7 Å². The van der Waals surface area contributed by atoms with E-state index >= 15 is 23.2 Å². The molecule has 0 aromatic heterocycles. The lowest BCUT2D eigenvalue weighted by Crippen LogP contribution is -2.64. The van der Waals surface area contributed by atoms with Gasteiger partial charge in [0.2, 0.25) is 23.6 Å². The Balaban J connectivity index is 1.02. The number of hydrogen-bond acceptors (Lipinski definition) is 12. The molecule has 7 atom stereocenters. The maximum atomic E-state index is 15.3. The van der Waals surface area contributed by atoms with Crippen molar-refractivity contribution in [1.29, 1.82) is 0 Å². The lowest BCUT2D eigenvalue weighted by molar-refractivity contribution is -0.144. The van der Waals surface area contributed by atoms with E-state index < -0.39 is 94.2 Å². The Bertz CT molecular complexity index is 3180. The summed E-state index contributed by atoms with van der Waals surface area (Å²) in [6.07, 6.45) is -0.747. The first kappa shape index (κ1) is 61.9. The molecule has 0 bridgehead atoms. The van der Waals surface area contributed by atoms with Crippen LogP contribution in [0.5, 0.6) is 0 Å². The highest BCUT2D eigenvalue weighted by Crippen LogP contribution is 2.44. The molecule has 5 aliphatic heterocycles. The molecule has 0 saturated carbocycles. The third kappa shape index (κ3) is 13.7. The van der Waals surface area contributed by atoms with Crippen LogP contribution in [-0.4, -0.2) is 180 Å². The second-order valence-corrected chi connectivity index (χ2v) is 24.3. The van der Waals surface area contributed by atoms with E-state index in [1.165, 1.54) is 42.0 Å². The Kier molecular flexibility index (Phi) is 18.6. The van der Waals surface area contributed by atoms with Crippen molar-refractivity contribution in [2.75, 3.05) is 88.3 Å². The molecule has 23 heteroatoms. The van der Waals surface area contributed by atoms with Gasteiger partial charge in [0.15, 0.2) is 0 Å². The predicted octanol–water partition coefficient (Wildman–Crippen LogP) is 6.90. The van der Waals surface area contributed by atoms with Gasteiger partial charge in [-0.05, 0) is 144 Å². The number of nitrogens with zero attached hydrogens (tertiary/aromatic N) is 6. The zero-order valence-corrected chi connectivity index (χ0v) is 49.3. The molecule has 5 aliphatic rings. The summed E-state index contributed by atoms with van der Waals surface area (Å²) < 4.78 is 61.4. The molecular weight excluding hydrogens is 1100 g/mol. The molecule has 4 N–H and O–H groups in total. The molecule has 0 spiro atoms. The Morgan fingerprint density at radius 3 is 2.20 bits per heavy atom. The molecule has 7 unspecified atom stereocenters. The van der Waals surface area contributed by atoms with Crippen LogP contribution in [0.25, 0.3) is 0 Å². The zero-order chi connectivity index (χ0) is 61.2. The van der Waals surface area contributed by atoms with E-state index in [0.29, 0.717) is 62.4 Å². The van der Waals surface area contributed by atoms with Gasteiger partial charge in [-0.15, -0.1) is 0 Å². The first-order chi connectivity index (χ1) is 40.3. The molecule has 20 nitrogen and oxygen atoms in total. The van der Waals surface area contributed by atoms with Crippen molar-refractivity contribution in [3.05, 3.63) is 124 Å². The molecule has 4 aromatic carbocycles. The van der Waals surface area contributed by atoms with Gasteiger partial charge >= 0.3 is 12.2 Å². The highest BCUT2D eigenvalue weighted by Gasteiger charge is 2.49. The lowest BCUT2D eigenvalue weighted by atomic mass is 9.82. The third-order valence-corrected chi connectivity index (χ3v) is 17.1. The fourth-order valence-corrected chi connectivity index (χ4v) is 12.1. The van der Waals surface area contributed by atoms with Gasteiger partial charge in [0, 0.05) is 89.0 Å². The molecule has 4 aromatic rings. The van der Waals surface area contributed by atoms with E-state index in [1.807, 2.05) is 24.0 Å². The number of amides is 7. The summed E-state index contributed by atoms with van der Waals surface area (Å²) in [5.41, 5.74) is 0.433. The predicted molar refractivity (Wildman–Crippen MR) is 309 cm³/mol. The highest BCUT2D eigenvalue weighted by molar-refractivity contribution is 6.07. The number of likely N-dealkylation sites (N-methyl/N-ethyl adjacent to an activating group) is 1. The van der Waals surface area contributed by atoms with Crippen LogP contribution in [0.2, 0.25) is 0 Å². The molecule has 456 valence electrons. The Morgan fingerprint density at radius 2 is 1.53 bits per heavy atom. The number of anilines is 3. The van der Waals surface area contributed by atoms with E-state index in [2.05, 4.69) is 20.9 Å². The third-order valence-electron chi connectivity index (χ3n) is 17.1. The molecular formula is C62H76F3N9O11. The van der Waals surface area contributed by atoms with E-state index in [1.54, 1.807) is 69.9 Å². The smallest absolute Gasteiger partial charge is 0.410 e. The van der Waals surface area contributed by atoms with Crippen LogP contribution < -0.4 is 20.9 Å². The van der Waals surface area contributed by atoms with Gasteiger partial charge in [-0.1, -0.05) is 36.4 Å². The number of morpholine rings is 1. The lowest BCUT2D eigenvalue weighted by Gasteiger charge is -2.47. The molecule has 3 fully saturated rings. The summed E-state index contributed by atoms with van der Waals surface area (Å²) in [5, 5.41) is 18.4. The van der Waals surface area contributed by atoms with Gasteiger partial charge < -0.3 is 50.0 Å². The second kappa shape index (κ2) is 25.5. The van der Waals surface area contributed by atoms with Crippen molar-refractivity contribution in [2.24, 2.45) is 5.92 Å². The maximum Gasteiger partial charge on any atom is 0.410 e. The van der Waals surface area contributed by atoms with Crippen molar-refractivity contribution < 1.29 is 66.1 Å². The zero-order valence-electron chi connectivity index (χ0n) is 49.3. The van der Waals surface area contributed by atoms with Gasteiger partial charge in [0.25, 0.3) is 5.91 Å². The van der Waals surface area contributed by atoms with Gasteiger partial charge in [-0.3, -0.25) is 38.7 Å². The summed E-state index contributed by atoms with van der Waals surface area (Å²) in [6.45, 7) is 14.9. The monoisotopic (exact) mass is 1180 g/mol. The van der Waals surface area contributed by atoms with E-state index in [4.69, 9.17) is 14.2 Å². The normalized spacial score (nSPS) is 22.6. The number of carboxylic acid groups (broad SMARTS) is 1. The van der Waals surface area contributed by atoms with E-state index in [-0.39, 0.29) is 81.0 Å². The Morgan fingerprint density at radius 1 is 0.835 bits per heavy atom. The molecule has 5 heterocycles. The minimum absolute atomic E-state index is 0.0665. The summed E-state index contributed by atoms with van der Waals surface area (Å²) in [5.74, 6) is -6.25. The first-order valence-corrected chi connectivity index (χ1v) is 28.9. The molecule has 3 saturated heterocycles. The summed E-state index contributed by atoms with van der Waals surface area (Å²) >= 11 is 0. The minimum Gasteiger partial charge on any atom is -0.465 e. The van der Waals surface area contributed by atoms with Gasteiger partial charge in [-0.25, -0.2) is 22.8 Å². The van der Waals surface area contributed by atoms with Crippen molar-refractivity contribution >= 4 is 58.8 Å².